The highest BCUT2D eigenvalue weighted by atomic mass is 32.1. The molecule has 116 valence electrons. The van der Waals surface area contributed by atoms with Crippen LogP contribution in [0.15, 0.2) is 60.7 Å². The lowest BCUT2D eigenvalue weighted by atomic mass is 10.1. The number of thiophene rings is 1. The molecular formula is C19H16FNOS. The molecule has 0 unspecified atom stereocenters. The normalized spacial score (nSPS) is 10.5. The Morgan fingerprint density at radius 3 is 2.43 bits per heavy atom. The first-order valence-electron chi connectivity index (χ1n) is 7.42. The molecule has 4 heteroatoms. The number of rotatable bonds is 4. The van der Waals surface area contributed by atoms with E-state index in [9.17, 15) is 9.18 Å². The highest BCUT2D eigenvalue weighted by Crippen LogP contribution is 2.33. The van der Waals surface area contributed by atoms with Crippen molar-refractivity contribution in [2.24, 2.45) is 0 Å². The standard InChI is InChI=1S/C19H16FNOS/c1-2-13-12-17(23-18(13)14-6-4-3-5-7-14)19(22)21-16-10-8-15(20)9-11-16/h3-12H,2H2,1H3,(H,21,22). The molecule has 1 aromatic heterocycles. The predicted octanol–water partition coefficient (Wildman–Crippen LogP) is 5.37. The summed E-state index contributed by atoms with van der Waals surface area (Å²) in [5.41, 5.74) is 2.87. The van der Waals surface area contributed by atoms with Gasteiger partial charge in [0, 0.05) is 10.6 Å². The van der Waals surface area contributed by atoms with Crippen LogP contribution in [0, 0.1) is 5.82 Å². The fourth-order valence-corrected chi connectivity index (χ4v) is 3.52. The second-order valence-corrected chi connectivity index (χ2v) is 6.20. The molecule has 0 saturated heterocycles. The second-order valence-electron chi connectivity index (χ2n) is 5.15. The molecule has 3 rings (SSSR count). The van der Waals surface area contributed by atoms with Crippen molar-refractivity contribution in [1.29, 1.82) is 0 Å². The zero-order chi connectivity index (χ0) is 16.2. The molecule has 0 saturated carbocycles. The van der Waals surface area contributed by atoms with Crippen LogP contribution >= 0.6 is 11.3 Å². The van der Waals surface area contributed by atoms with Gasteiger partial charge < -0.3 is 5.32 Å². The van der Waals surface area contributed by atoms with Crippen molar-refractivity contribution in [3.8, 4) is 10.4 Å². The zero-order valence-electron chi connectivity index (χ0n) is 12.7. The van der Waals surface area contributed by atoms with Gasteiger partial charge in [0.15, 0.2) is 0 Å². The molecule has 0 aliphatic heterocycles. The van der Waals surface area contributed by atoms with E-state index in [1.807, 2.05) is 36.4 Å². The van der Waals surface area contributed by atoms with Crippen molar-refractivity contribution in [2.45, 2.75) is 13.3 Å². The molecular weight excluding hydrogens is 309 g/mol. The lowest BCUT2D eigenvalue weighted by Gasteiger charge is -2.02. The number of aryl methyl sites for hydroxylation is 1. The number of nitrogens with one attached hydrogen (secondary N) is 1. The summed E-state index contributed by atoms with van der Waals surface area (Å²) in [6.45, 7) is 2.08. The number of amides is 1. The topological polar surface area (TPSA) is 29.1 Å². The van der Waals surface area contributed by atoms with Crippen LogP contribution in [0.3, 0.4) is 0 Å². The number of anilines is 1. The molecule has 0 radical (unpaired) electrons. The summed E-state index contributed by atoms with van der Waals surface area (Å²) in [6.07, 6.45) is 0.866. The van der Waals surface area contributed by atoms with E-state index < -0.39 is 0 Å². The lowest BCUT2D eigenvalue weighted by molar-refractivity contribution is 0.103. The summed E-state index contributed by atoms with van der Waals surface area (Å²) in [4.78, 5) is 14.2. The van der Waals surface area contributed by atoms with Gasteiger partial charge in [0.05, 0.1) is 4.88 Å². The first-order valence-corrected chi connectivity index (χ1v) is 8.24. The molecule has 23 heavy (non-hydrogen) atoms. The van der Waals surface area contributed by atoms with Crippen LogP contribution in [0.2, 0.25) is 0 Å². The number of halogens is 1. The van der Waals surface area contributed by atoms with Crippen molar-refractivity contribution in [2.75, 3.05) is 5.32 Å². The monoisotopic (exact) mass is 325 g/mol. The third-order valence-electron chi connectivity index (χ3n) is 3.55. The summed E-state index contributed by atoms with van der Waals surface area (Å²) in [6, 6.07) is 17.8. The van der Waals surface area contributed by atoms with Crippen molar-refractivity contribution < 1.29 is 9.18 Å². The Labute approximate surface area is 138 Å². The molecule has 0 bridgehead atoms. The van der Waals surface area contributed by atoms with Gasteiger partial charge in [0.2, 0.25) is 0 Å². The Morgan fingerprint density at radius 2 is 1.78 bits per heavy atom. The van der Waals surface area contributed by atoms with E-state index in [2.05, 4.69) is 12.2 Å². The average molecular weight is 325 g/mol. The Morgan fingerprint density at radius 1 is 1.09 bits per heavy atom. The molecule has 1 N–H and O–H groups in total. The minimum Gasteiger partial charge on any atom is -0.321 e. The highest BCUT2D eigenvalue weighted by Gasteiger charge is 2.15. The summed E-state index contributed by atoms with van der Waals surface area (Å²) >= 11 is 1.48. The highest BCUT2D eigenvalue weighted by molar-refractivity contribution is 7.17. The van der Waals surface area contributed by atoms with Gasteiger partial charge in [-0.25, -0.2) is 4.39 Å². The van der Waals surface area contributed by atoms with Gasteiger partial charge >= 0.3 is 0 Å². The molecule has 2 nitrogen and oxygen atoms in total. The minimum absolute atomic E-state index is 0.168. The van der Waals surface area contributed by atoms with Crippen LogP contribution < -0.4 is 5.32 Å². The molecule has 0 spiro atoms. The molecule has 1 heterocycles. The Bertz CT molecular complexity index is 809. The van der Waals surface area contributed by atoms with E-state index in [4.69, 9.17) is 0 Å². The SMILES string of the molecule is CCc1cc(C(=O)Nc2ccc(F)cc2)sc1-c1ccccc1. The molecule has 0 aliphatic carbocycles. The third kappa shape index (κ3) is 3.48. The molecule has 1 amide bonds. The van der Waals surface area contributed by atoms with E-state index in [1.165, 1.54) is 23.5 Å². The first kappa shape index (κ1) is 15.4. The first-order chi connectivity index (χ1) is 11.2. The zero-order valence-corrected chi connectivity index (χ0v) is 13.5. The van der Waals surface area contributed by atoms with Crippen molar-refractivity contribution in [1.82, 2.24) is 0 Å². The van der Waals surface area contributed by atoms with E-state index in [0.29, 0.717) is 10.6 Å². The van der Waals surface area contributed by atoms with Gasteiger partial charge in [0.1, 0.15) is 5.82 Å². The molecule has 2 aromatic carbocycles. The molecule has 0 aliphatic rings. The summed E-state index contributed by atoms with van der Waals surface area (Å²) in [5, 5.41) is 2.81. The predicted molar refractivity (Wildman–Crippen MR) is 93.5 cm³/mol. The van der Waals surface area contributed by atoms with Crippen molar-refractivity contribution in [3.05, 3.63) is 76.9 Å². The van der Waals surface area contributed by atoms with Crippen LogP contribution in [0.5, 0.6) is 0 Å². The summed E-state index contributed by atoms with van der Waals surface area (Å²) < 4.78 is 12.9. The van der Waals surface area contributed by atoms with Crippen LogP contribution in [0.25, 0.3) is 10.4 Å². The van der Waals surface area contributed by atoms with Crippen LogP contribution in [-0.4, -0.2) is 5.91 Å². The van der Waals surface area contributed by atoms with Gasteiger partial charge in [-0.15, -0.1) is 11.3 Å². The van der Waals surface area contributed by atoms with E-state index >= 15 is 0 Å². The fraction of sp³-hybridized carbons (Fsp3) is 0.105. The van der Waals surface area contributed by atoms with E-state index in [0.717, 1.165) is 22.4 Å². The van der Waals surface area contributed by atoms with Gasteiger partial charge in [-0.3, -0.25) is 4.79 Å². The molecule has 0 atom stereocenters. The van der Waals surface area contributed by atoms with Gasteiger partial charge in [-0.05, 0) is 47.9 Å². The van der Waals surface area contributed by atoms with Crippen LogP contribution in [0.1, 0.15) is 22.2 Å². The largest absolute Gasteiger partial charge is 0.321 e. The van der Waals surface area contributed by atoms with Gasteiger partial charge in [0.25, 0.3) is 5.91 Å². The number of hydrogen-bond donors (Lipinski definition) is 1. The molecule has 3 aromatic rings. The van der Waals surface area contributed by atoms with Crippen LogP contribution in [0.4, 0.5) is 10.1 Å². The number of carbonyl (C=O) groups is 1. The number of benzene rings is 2. The third-order valence-corrected chi connectivity index (χ3v) is 4.78. The smallest absolute Gasteiger partial charge is 0.265 e. The lowest BCUT2D eigenvalue weighted by Crippen LogP contribution is -2.09. The maximum absolute atomic E-state index is 12.9. The summed E-state index contributed by atoms with van der Waals surface area (Å²) in [5.74, 6) is -0.489. The van der Waals surface area contributed by atoms with Crippen molar-refractivity contribution >= 4 is 22.9 Å². The van der Waals surface area contributed by atoms with E-state index in [-0.39, 0.29) is 11.7 Å². The number of hydrogen-bond acceptors (Lipinski definition) is 2. The van der Waals surface area contributed by atoms with Gasteiger partial charge in [-0.1, -0.05) is 37.3 Å². The van der Waals surface area contributed by atoms with Gasteiger partial charge in [-0.2, -0.15) is 0 Å². The van der Waals surface area contributed by atoms with Crippen molar-refractivity contribution in [3.63, 3.8) is 0 Å². The fourth-order valence-electron chi connectivity index (χ4n) is 2.36. The minimum atomic E-state index is -0.321. The maximum Gasteiger partial charge on any atom is 0.265 e. The van der Waals surface area contributed by atoms with Crippen LogP contribution in [-0.2, 0) is 6.42 Å². The second kappa shape index (κ2) is 6.75. The quantitative estimate of drug-likeness (QED) is 0.686. The molecule has 0 fully saturated rings. The Balaban J connectivity index is 1.87. The summed E-state index contributed by atoms with van der Waals surface area (Å²) in [7, 11) is 0. The maximum atomic E-state index is 12.9. The average Bonchev–Trinajstić information content (AvgIpc) is 3.02. The Hall–Kier alpha value is -2.46. The number of carbonyl (C=O) groups excluding carboxylic acids is 1. The Kier molecular flexibility index (Phi) is 4.53. The van der Waals surface area contributed by atoms with E-state index in [1.54, 1.807) is 12.1 Å².